The van der Waals surface area contributed by atoms with E-state index < -0.39 is 11.9 Å². The molecule has 0 aromatic heterocycles. The fraction of sp³-hybridized carbons (Fsp3) is 0.280. The van der Waals surface area contributed by atoms with Crippen molar-refractivity contribution >= 4 is 17.4 Å². The van der Waals surface area contributed by atoms with Crippen molar-refractivity contribution in [3.63, 3.8) is 0 Å². The highest BCUT2D eigenvalue weighted by atomic mass is 19.1. The molecule has 4 rings (SSSR count). The van der Waals surface area contributed by atoms with Crippen LogP contribution >= 0.6 is 0 Å². The van der Waals surface area contributed by atoms with E-state index >= 15 is 0 Å². The molecule has 0 saturated carbocycles. The summed E-state index contributed by atoms with van der Waals surface area (Å²) in [6.07, 6.45) is 0.949. The van der Waals surface area contributed by atoms with E-state index in [0.29, 0.717) is 24.1 Å². The van der Waals surface area contributed by atoms with E-state index in [4.69, 9.17) is 10.5 Å². The summed E-state index contributed by atoms with van der Waals surface area (Å²) in [5, 5.41) is 0. The second-order valence-electron chi connectivity index (χ2n) is 8.75. The molecule has 2 aromatic rings. The number of nitrogens with zero attached hydrogens (tertiary/aromatic N) is 1. The summed E-state index contributed by atoms with van der Waals surface area (Å²) in [4.78, 5) is 28.1. The van der Waals surface area contributed by atoms with Gasteiger partial charge in [-0.25, -0.2) is 9.18 Å². The summed E-state index contributed by atoms with van der Waals surface area (Å²) in [5.41, 5.74) is 9.21. The molecule has 160 valence electrons. The van der Waals surface area contributed by atoms with E-state index in [1.807, 2.05) is 44.2 Å². The summed E-state index contributed by atoms with van der Waals surface area (Å²) in [5.74, 6) is -1.43. The molecule has 2 N–H and O–H groups in total. The first-order chi connectivity index (χ1) is 14.7. The molecule has 0 radical (unpaired) electrons. The second kappa shape index (κ2) is 7.69. The number of nitrogens with two attached hydrogens (primary N) is 1. The number of rotatable bonds is 3. The Labute approximate surface area is 181 Å². The Morgan fingerprint density at radius 2 is 1.74 bits per heavy atom. The Kier molecular flexibility index (Phi) is 5.17. The molecule has 0 amide bonds. The Balaban J connectivity index is 2.02. The predicted octanol–water partition coefficient (Wildman–Crippen LogP) is 4.42. The number of carbonyl (C=O) groups is 2. The summed E-state index contributed by atoms with van der Waals surface area (Å²) in [7, 11) is 1.29. The van der Waals surface area contributed by atoms with E-state index in [2.05, 4.69) is 0 Å². The number of methoxy groups -OCH3 is 1. The van der Waals surface area contributed by atoms with Crippen LogP contribution in [-0.2, 0) is 14.3 Å². The van der Waals surface area contributed by atoms with Crippen LogP contribution in [0.25, 0.3) is 0 Å². The van der Waals surface area contributed by atoms with Crippen LogP contribution in [0, 0.1) is 11.2 Å². The molecule has 2 aliphatic rings. The van der Waals surface area contributed by atoms with Crippen LogP contribution in [0.2, 0.25) is 0 Å². The van der Waals surface area contributed by atoms with Crippen molar-refractivity contribution in [1.82, 2.24) is 0 Å². The number of carbonyl (C=O) groups excluding carboxylic acids is 2. The maximum absolute atomic E-state index is 13.6. The number of ether oxygens (including phenoxy) is 1. The molecule has 31 heavy (non-hydrogen) atoms. The standard InChI is InChI=1S/C25H25FN2O3/c1-25(2)13-18-21(19(29)14-25)20(15-7-5-4-6-8-15)22(24(30)31-3)23(27)28(18)17-11-9-16(26)10-12-17/h4-12,20H,13-14,27H2,1-3H3/t20-/m1/s1. The minimum absolute atomic E-state index is 0.0267. The van der Waals surface area contributed by atoms with Crippen molar-refractivity contribution in [3.05, 3.63) is 88.6 Å². The maximum Gasteiger partial charge on any atom is 0.338 e. The number of anilines is 1. The molecule has 6 heteroatoms. The smallest absolute Gasteiger partial charge is 0.338 e. The van der Waals surface area contributed by atoms with Gasteiger partial charge in [0.15, 0.2) is 5.78 Å². The lowest BCUT2D eigenvalue weighted by Gasteiger charge is -2.44. The van der Waals surface area contributed by atoms with Gasteiger partial charge in [0.1, 0.15) is 11.6 Å². The van der Waals surface area contributed by atoms with Crippen LogP contribution in [0.5, 0.6) is 0 Å². The van der Waals surface area contributed by atoms with Gasteiger partial charge in [0.2, 0.25) is 0 Å². The predicted molar refractivity (Wildman–Crippen MR) is 116 cm³/mol. The molecule has 2 aromatic carbocycles. The Hall–Kier alpha value is -3.41. The van der Waals surface area contributed by atoms with Gasteiger partial charge in [0.25, 0.3) is 0 Å². The molecule has 0 bridgehead atoms. The number of hydrogen-bond donors (Lipinski definition) is 1. The van der Waals surface area contributed by atoms with Crippen molar-refractivity contribution in [1.29, 1.82) is 0 Å². The number of esters is 1. The summed E-state index contributed by atoms with van der Waals surface area (Å²) in [6, 6.07) is 15.2. The Morgan fingerprint density at radius 3 is 2.35 bits per heavy atom. The first-order valence-electron chi connectivity index (χ1n) is 10.2. The molecule has 0 saturated heterocycles. The topological polar surface area (TPSA) is 72.6 Å². The van der Waals surface area contributed by atoms with E-state index in [1.54, 1.807) is 17.0 Å². The Bertz CT molecular complexity index is 1100. The first-order valence-corrected chi connectivity index (χ1v) is 10.2. The van der Waals surface area contributed by atoms with Gasteiger partial charge in [-0.05, 0) is 41.7 Å². The average molecular weight is 420 g/mol. The quantitative estimate of drug-likeness (QED) is 0.745. The number of ketones is 1. The molecular formula is C25H25FN2O3. The molecule has 1 heterocycles. The zero-order valence-corrected chi connectivity index (χ0v) is 17.8. The van der Waals surface area contributed by atoms with Gasteiger partial charge >= 0.3 is 5.97 Å². The highest BCUT2D eigenvalue weighted by molar-refractivity contribution is 6.05. The van der Waals surface area contributed by atoms with Gasteiger partial charge in [-0.2, -0.15) is 0 Å². The lowest BCUT2D eigenvalue weighted by Crippen LogP contribution is -2.43. The molecule has 5 nitrogen and oxygen atoms in total. The van der Waals surface area contributed by atoms with Crippen molar-refractivity contribution < 1.29 is 18.7 Å². The summed E-state index contributed by atoms with van der Waals surface area (Å²) in [6.45, 7) is 4.07. The van der Waals surface area contributed by atoms with Gasteiger partial charge < -0.3 is 10.5 Å². The molecule has 1 aliphatic carbocycles. The highest BCUT2D eigenvalue weighted by Crippen LogP contribution is 2.50. The molecule has 1 atom stereocenters. The van der Waals surface area contributed by atoms with Gasteiger partial charge in [-0.3, -0.25) is 9.69 Å². The number of halogens is 1. The number of hydrogen-bond acceptors (Lipinski definition) is 5. The van der Waals surface area contributed by atoms with Crippen molar-refractivity contribution in [2.45, 2.75) is 32.6 Å². The number of allylic oxidation sites excluding steroid dienone is 2. The third kappa shape index (κ3) is 3.63. The maximum atomic E-state index is 13.6. The van der Waals surface area contributed by atoms with Gasteiger partial charge in [-0.15, -0.1) is 0 Å². The van der Waals surface area contributed by atoms with Crippen LogP contribution in [0.3, 0.4) is 0 Å². The van der Waals surface area contributed by atoms with Crippen LogP contribution in [-0.4, -0.2) is 18.9 Å². The van der Waals surface area contributed by atoms with E-state index in [0.717, 1.165) is 11.3 Å². The normalized spacial score (nSPS) is 20.6. The third-order valence-electron chi connectivity index (χ3n) is 5.88. The van der Waals surface area contributed by atoms with Crippen molar-refractivity contribution in [2.75, 3.05) is 12.0 Å². The highest BCUT2D eigenvalue weighted by Gasteiger charge is 2.46. The number of benzene rings is 2. The fourth-order valence-electron chi connectivity index (χ4n) is 4.58. The minimum Gasteiger partial charge on any atom is -0.466 e. The molecule has 0 fully saturated rings. The number of Topliss-reactive ketones (excluding diaryl/α,β-unsaturated/α-hetero) is 1. The van der Waals surface area contributed by atoms with Gasteiger partial charge in [0, 0.05) is 23.4 Å². The van der Waals surface area contributed by atoms with Crippen molar-refractivity contribution in [2.24, 2.45) is 11.1 Å². The zero-order chi connectivity index (χ0) is 22.3. The minimum atomic E-state index is -0.621. The van der Waals surface area contributed by atoms with Crippen molar-refractivity contribution in [3.8, 4) is 0 Å². The zero-order valence-electron chi connectivity index (χ0n) is 17.8. The Morgan fingerprint density at radius 1 is 1.10 bits per heavy atom. The molecule has 0 spiro atoms. The second-order valence-corrected chi connectivity index (χ2v) is 8.75. The fourth-order valence-corrected chi connectivity index (χ4v) is 4.58. The van der Waals surface area contributed by atoms with Crippen LogP contribution < -0.4 is 10.6 Å². The summed E-state index contributed by atoms with van der Waals surface area (Å²) < 4.78 is 18.7. The van der Waals surface area contributed by atoms with Crippen LogP contribution in [0.15, 0.2) is 77.3 Å². The largest absolute Gasteiger partial charge is 0.466 e. The van der Waals surface area contributed by atoms with Gasteiger partial charge in [0.05, 0.1) is 18.6 Å². The van der Waals surface area contributed by atoms with E-state index in [1.165, 1.54) is 19.2 Å². The first kappa shape index (κ1) is 20.8. The summed E-state index contributed by atoms with van der Waals surface area (Å²) >= 11 is 0. The molecular weight excluding hydrogens is 395 g/mol. The monoisotopic (exact) mass is 420 g/mol. The lowest BCUT2D eigenvalue weighted by atomic mass is 9.68. The molecule has 1 aliphatic heterocycles. The average Bonchev–Trinajstić information content (AvgIpc) is 2.73. The van der Waals surface area contributed by atoms with E-state index in [9.17, 15) is 14.0 Å². The lowest BCUT2D eigenvalue weighted by molar-refractivity contribution is -0.136. The SMILES string of the molecule is COC(=O)C1=C(N)N(c2ccc(F)cc2)C2=C(C(=O)CC(C)(C)C2)[C@H]1c1ccccc1. The van der Waals surface area contributed by atoms with Gasteiger partial charge in [-0.1, -0.05) is 44.2 Å². The van der Waals surface area contributed by atoms with E-state index in [-0.39, 0.29) is 28.4 Å². The molecule has 0 unspecified atom stereocenters. The van der Waals surface area contributed by atoms with Crippen LogP contribution in [0.4, 0.5) is 10.1 Å². The third-order valence-corrected chi connectivity index (χ3v) is 5.88. The van der Waals surface area contributed by atoms with Crippen LogP contribution in [0.1, 0.15) is 38.2 Å².